The molecule has 2 nitrogen and oxygen atoms in total. The van der Waals surface area contributed by atoms with Crippen molar-refractivity contribution in [3.63, 3.8) is 0 Å². The van der Waals surface area contributed by atoms with E-state index in [1.807, 2.05) is 0 Å². The van der Waals surface area contributed by atoms with Gasteiger partial charge in [-0.05, 0) is 99.2 Å². The molecule has 0 aromatic rings. The Hall–Kier alpha value is -0.713. The van der Waals surface area contributed by atoms with E-state index in [0.29, 0.717) is 29.1 Å². The van der Waals surface area contributed by atoms with Crippen LogP contribution >= 0.6 is 0 Å². The molecule has 3 heteroatoms. The van der Waals surface area contributed by atoms with Crippen molar-refractivity contribution in [2.45, 2.75) is 101 Å². The van der Waals surface area contributed by atoms with Crippen molar-refractivity contribution in [1.29, 1.82) is 0 Å². The molecule has 0 aromatic heterocycles. The molecule has 6 bridgehead atoms. The Morgan fingerprint density at radius 3 is 1.62 bits per heavy atom. The molecule has 0 N–H and O–H groups in total. The second-order valence-electron chi connectivity index (χ2n) is 14.6. The van der Waals surface area contributed by atoms with Gasteiger partial charge in [-0.2, -0.15) is 0 Å². The average Bonchev–Trinajstić information content (AvgIpc) is 2.73. The molecule has 6 atom stereocenters. The van der Waals surface area contributed by atoms with E-state index in [1.54, 1.807) is 11.1 Å². The van der Waals surface area contributed by atoms with Crippen LogP contribution in [0.3, 0.4) is 0 Å². The first-order valence-electron chi connectivity index (χ1n) is 13.5. The van der Waals surface area contributed by atoms with Gasteiger partial charge in [0.15, 0.2) is 0 Å². The van der Waals surface area contributed by atoms with Crippen molar-refractivity contribution >= 4 is 5.97 Å². The number of fused-ring (bicyclic) bond motifs is 8. The third-order valence-electron chi connectivity index (χ3n) is 13.3. The zero-order valence-electron chi connectivity index (χ0n) is 23.4. The monoisotopic (exact) mass is 454 g/mol. The smallest absolute Gasteiger partial charge is 0.549 e. The summed E-state index contributed by atoms with van der Waals surface area (Å²) in [6, 6.07) is 0. The third kappa shape index (κ3) is 2.36. The largest absolute Gasteiger partial charge is 1.00 e. The molecule has 34 heavy (non-hydrogen) atoms. The number of hydrogen-bond donors (Lipinski definition) is 0. The molecule has 3 fully saturated rings. The van der Waals surface area contributed by atoms with Gasteiger partial charge in [-0.15, -0.1) is 0 Å². The molecule has 0 spiro atoms. The summed E-state index contributed by atoms with van der Waals surface area (Å²) in [4.78, 5) is 13.6. The molecule has 0 aliphatic heterocycles. The Morgan fingerprint density at radius 1 is 0.735 bits per heavy atom. The summed E-state index contributed by atoms with van der Waals surface area (Å²) >= 11 is 0. The van der Waals surface area contributed by atoms with Gasteiger partial charge >= 0.3 is 18.9 Å². The zero-order valence-corrected chi connectivity index (χ0v) is 23.4. The maximum Gasteiger partial charge on any atom is 1.00 e. The summed E-state index contributed by atoms with van der Waals surface area (Å²) in [6.45, 7) is 21.2. The predicted octanol–water partition coefficient (Wildman–Crippen LogP) is 3.63. The van der Waals surface area contributed by atoms with Crippen LogP contribution in [-0.2, 0) is 4.79 Å². The molecule has 180 valence electrons. The summed E-state index contributed by atoms with van der Waals surface area (Å²) in [6.07, 6.45) is 6.42. The van der Waals surface area contributed by atoms with Crippen LogP contribution in [0.1, 0.15) is 101 Å². The first-order valence-corrected chi connectivity index (χ1v) is 13.5. The van der Waals surface area contributed by atoms with Crippen LogP contribution in [0, 0.1) is 50.7 Å². The van der Waals surface area contributed by atoms with Crippen molar-refractivity contribution in [2.24, 2.45) is 50.7 Å². The van der Waals surface area contributed by atoms with Gasteiger partial charge in [-0.1, -0.05) is 75.0 Å². The number of rotatable bonds is 3. The second kappa shape index (κ2) is 6.78. The Labute approximate surface area is 219 Å². The fourth-order valence-electron chi connectivity index (χ4n) is 10.6. The Bertz CT molecular complexity index is 1100. The molecule has 9 rings (SSSR count). The van der Waals surface area contributed by atoms with Crippen LogP contribution in [0.25, 0.3) is 0 Å². The van der Waals surface area contributed by atoms with Crippen molar-refractivity contribution in [3.8, 4) is 0 Å². The van der Waals surface area contributed by atoms with Crippen molar-refractivity contribution in [1.82, 2.24) is 0 Å². The summed E-state index contributed by atoms with van der Waals surface area (Å²) < 4.78 is 0. The van der Waals surface area contributed by atoms with Gasteiger partial charge in [0.1, 0.15) is 0 Å². The molecule has 6 unspecified atom stereocenters. The van der Waals surface area contributed by atoms with Gasteiger partial charge in [-0.25, -0.2) is 0 Å². The normalized spacial score (nSPS) is 44.5. The van der Waals surface area contributed by atoms with Crippen LogP contribution in [-0.4, -0.2) is 5.97 Å². The number of aliphatic carboxylic acids is 1. The van der Waals surface area contributed by atoms with Crippen molar-refractivity contribution < 1.29 is 28.8 Å². The van der Waals surface area contributed by atoms with Crippen LogP contribution in [0.4, 0.5) is 0 Å². The number of carbonyl (C=O) groups is 1. The van der Waals surface area contributed by atoms with Gasteiger partial charge in [0.25, 0.3) is 0 Å². The molecular formula is C31H43LiO2. The molecule has 0 aromatic carbocycles. The topological polar surface area (TPSA) is 40.1 Å². The fraction of sp³-hybridized carbons (Fsp3) is 0.774. The zero-order chi connectivity index (χ0) is 24.1. The molecule has 3 saturated carbocycles. The van der Waals surface area contributed by atoms with Crippen molar-refractivity contribution in [2.75, 3.05) is 0 Å². The van der Waals surface area contributed by atoms with Gasteiger partial charge in [-0.3, -0.25) is 0 Å². The van der Waals surface area contributed by atoms with E-state index in [0.717, 1.165) is 25.7 Å². The standard InChI is InChI=1S/C31H44O2.Li/c1-16-22-10-19(27(22,4)5)11-23(16)30(14-20-12-24(17(30)2)28(20,6)7)31(26(32)33)15-21-13-25(18(31)3)29(21,8)9;/h19-21,23H,10-15H2,1-9H3,(H,32,33);/q;+1/p-1. The summed E-state index contributed by atoms with van der Waals surface area (Å²) in [5.41, 5.74) is 8.21. The minimum absolute atomic E-state index is 0. The van der Waals surface area contributed by atoms with E-state index in [1.165, 1.54) is 35.1 Å². The average molecular weight is 455 g/mol. The third-order valence-corrected chi connectivity index (χ3v) is 13.3. The molecule has 0 radical (unpaired) electrons. The molecule has 9 aliphatic carbocycles. The van der Waals surface area contributed by atoms with E-state index in [9.17, 15) is 9.90 Å². The minimum atomic E-state index is -0.855. The summed E-state index contributed by atoms with van der Waals surface area (Å²) in [5.74, 6) is 1.27. The van der Waals surface area contributed by atoms with Crippen LogP contribution in [0.5, 0.6) is 0 Å². The van der Waals surface area contributed by atoms with Crippen molar-refractivity contribution in [3.05, 3.63) is 33.4 Å². The quantitative estimate of drug-likeness (QED) is 0.483. The summed E-state index contributed by atoms with van der Waals surface area (Å²) in [7, 11) is 0. The maximum absolute atomic E-state index is 13.6. The van der Waals surface area contributed by atoms with E-state index >= 15 is 0 Å². The van der Waals surface area contributed by atoms with Crippen LogP contribution in [0.15, 0.2) is 33.4 Å². The van der Waals surface area contributed by atoms with E-state index in [-0.39, 0.29) is 35.1 Å². The van der Waals surface area contributed by atoms with Gasteiger partial charge < -0.3 is 9.90 Å². The maximum atomic E-state index is 13.6. The van der Waals surface area contributed by atoms with Gasteiger partial charge in [0.2, 0.25) is 0 Å². The van der Waals surface area contributed by atoms with Crippen LogP contribution in [0.2, 0.25) is 0 Å². The van der Waals surface area contributed by atoms with Crippen LogP contribution < -0.4 is 24.0 Å². The number of allylic oxidation sites excluding steroid dienone is 5. The molecular weight excluding hydrogens is 411 g/mol. The number of hydrogen-bond acceptors (Lipinski definition) is 2. The second-order valence-corrected chi connectivity index (χ2v) is 14.6. The number of carbonyl (C=O) groups excluding carboxylic acids is 1. The number of carboxylic acid groups (broad SMARTS) is 1. The van der Waals surface area contributed by atoms with Gasteiger partial charge in [0.05, 0.1) is 5.97 Å². The fourth-order valence-corrected chi connectivity index (χ4v) is 10.6. The Kier molecular flexibility index (Phi) is 4.98. The minimum Gasteiger partial charge on any atom is -0.549 e. The van der Waals surface area contributed by atoms with E-state index < -0.39 is 11.4 Å². The SMILES string of the molecule is CC1=C2CC(CC1C1(C3(C(=O)[O-])CC4CC(=C3C)C4(C)C)CC3CC(=C1C)C3(C)C)C2(C)C.[Li+]. The first-order chi connectivity index (χ1) is 15.1. The molecule has 9 aliphatic rings. The molecule has 0 saturated heterocycles. The van der Waals surface area contributed by atoms with E-state index in [2.05, 4.69) is 62.3 Å². The van der Waals surface area contributed by atoms with E-state index in [4.69, 9.17) is 0 Å². The molecule has 0 amide bonds. The van der Waals surface area contributed by atoms with Gasteiger partial charge in [0, 0.05) is 10.8 Å². The first kappa shape index (κ1) is 25.0. The Morgan fingerprint density at radius 2 is 1.21 bits per heavy atom. The molecule has 0 heterocycles. The predicted molar refractivity (Wildman–Crippen MR) is 131 cm³/mol. The Balaban J connectivity index is 0.00000241. The number of carboxylic acids is 1. The summed E-state index contributed by atoms with van der Waals surface area (Å²) in [5, 5.41) is 13.6.